The average Bonchev–Trinajstić information content (AvgIpc) is 2.51. The maximum Gasteiger partial charge on any atom is 0.198 e. The number of nitrogens with two attached hydrogens (primary N) is 1. The molecule has 0 atom stereocenters. The normalized spacial score (nSPS) is 11.5. The second kappa shape index (κ2) is 8.36. The van der Waals surface area contributed by atoms with Gasteiger partial charge in [0.15, 0.2) is 5.96 Å². The Balaban J connectivity index is 2.19. The summed E-state index contributed by atoms with van der Waals surface area (Å²) in [5, 5.41) is 3.68. The van der Waals surface area contributed by atoms with Gasteiger partial charge >= 0.3 is 0 Å². The summed E-state index contributed by atoms with van der Waals surface area (Å²) < 4.78 is 0. The highest BCUT2D eigenvalue weighted by Crippen LogP contribution is 2.30. The van der Waals surface area contributed by atoms with Crippen LogP contribution in [0.15, 0.2) is 57.2 Å². The Labute approximate surface area is 144 Å². The smallest absolute Gasteiger partial charge is 0.198 e. The molecule has 0 unspecified atom stereocenters. The molecular formula is C16H18ClN3S2. The first-order valence-corrected chi connectivity index (χ1v) is 9.38. The fourth-order valence-electron chi connectivity index (χ4n) is 1.84. The van der Waals surface area contributed by atoms with E-state index in [0.717, 1.165) is 21.2 Å². The van der Waals surface area contributed by atoms with Gasteiger partial charge in [0.2, 0.25) is 0 Å². The molecule has 0 aliphatic carbocycles. The molecule has 0 saturated heterocycles. The Bertz CT molecular complexity index is 674. The minimum atomic E-state index is 0.318. The van der Waals surface area contributed by atoms with Crippen molar-refractivity contribution in [1.82, 2.24) is 0 Å². The van der Waals surface area contributed by atoms with Gasteiger partial charge in [0.1, 0.15) is 0 Å². The number of rotatable bonds is 5. The molecule has 2 aromatic rings. The van der Waals surface area contributed by atoms with Crippen molar-refractivity contribution in [3.63, 3.8) is 0 Å². The van der Waals surface area contributed by atoms with Gasteiger partial charge < -0.3 is 11.1 Å². The monoisotopic (exact) mass is 351 g/mol. The minimum Gasteiger partial charge on any atom is -0.369 e. The highest BCUT2D eigenvalue weighted by molar-refractivity contribution is 7.99. The predicted molar refractivity (Wildman–Crippen MR) is 101 cm³/mol. The summed E-state index contributed by atoms with van der Waals surface area (Å²) in [5.74, 6) is 1.32. The van der Waals surface area contributed by atoms with Crippen molar-refractivity contribution in [2.24, 2.45) is 10.7 Å². The van der Waals surface area contributed by atoms with Gasteiger partial charge in [-0.05, 0) is 48.4 Å². The molecule has 116 valence electrons. The van der Waals surface area contributed by atoms with E-state index in [9.17, 15) is 0 Å². The second-order valence-corrected chi connectivity index (χ2v) is 7.02. The zero-order valence-electron chi connectivity index (χ0n) is 12.5. The van der Waals surface area contributed by atoms with Gasteiger partial charge in [-0.3, -0.25) is 0 Å². The molecule has 0 amide bonds. The number of thioether (sulfide) groups is 2. The van der Waals surface area contributed by atoms with Crippen LogP contribution >= 0.6 is 35.1 Å². The van der Waals surface area contributed by atoms with Crippen LogP contribution in [0.25, 0.3) is 0 Å². The first kappa shape index (κ1) is 17.1. The van der Waals surface area contributed by atoms with Crippen LogP contribution in [0.4, 0.5) is 11.4 Å². The quantitative estimate of drug-likeness (QED) is 0.440. The molecule has 3 nitrogen and oxygen atoms in total. The molecule has 3 N–H and O–H groups in total. The third-order valence-electron chi connectivity index (χ3n) is 2.81. The molecule has 6 heteroatoms. The van der Waals surface area contributed by atoms with Gasteiger partial charge in [0.25, 0.3) is 0 Å². The summed E-state index contributed by atoms with van der Waals surface area (Å²) in [6.07, 6.45) is 2.03. The van der Waals surface area contributed by atoms with Crippen LogP contribution in [0.5, 0.6) is 0 Å². The SMILES string of the molecule is CCSc1ccc(Cl)c(N=C(N)Nc2cccc(SC)c2)c1. The van der Waals surface area contributed by atoms with Crippen molar-refractivity contribution in [1.29, 1.82) is 0 Å². The zero-order chi connectivity index (χ0) is 15.9. The first-order chi connectivity index (χ1) is 10.6. The number of anilines is 1. The van der Waals surface area contributed by atoms with Crippen LogP contribution in [0.2, 0.25) is 5.02 Å². The van der Waals surface area contributed by atoms with E-state index in [2.05, 4.69) is 17.2 Å². The lowest BCUT2D eigenvalue weighted by atomic mass is 10.3. The van der Waals surface area contributed by atoms with E-state index in [1.54, 1.807) is 23.5 Å². The molecule has 22 heavy (non-hydrogen) atoms. The molecule has 0 aliphatic heterocycles. The van der Waals surface area contributed by atoms with Gasteiger partial charge in [-0.2, -0.15) is 0 Å². The molecule has 0 heterocycles. The van der Waals surface area contributed by atoms with E-state index in [1.807, 2.05) is 48.7 Å². The summed E-state index contributed by atoms with van der Waals surface area (Å²) in [7, 11) is 0. The van der Waals surface area contributed by atoms with Crippen molar-refractivity contribution >= 4 is 52.5 Å². The highest BCUT2D eigenvalue weighted by atomic mass is 35.5. The Morgan fingerprint density at radius 1 is 1.23 bits per heavy atom. The summed E-state index contributed by atoms with van der Waals surface area (Å²) >= 11 is 9.61. The first-order valence-electron chi connectivity index (χ1n) is 6.80. The molecule has 0 spiro atoms. The number of guanidine groups is 1. The fourth-order valence-corrected chi connectivity index (χ4v) is 3.15. The van der Waals surface area contributed by atoms with Crippen molar-refractivity contribution in [2.45, 2.75) is 16.7 Å². The van der Waals surface area contributed by atoms with E-state index in [-0.39, 0.29) is 0 Å². The topological polar surface area (TPSA) is 50.4 Å². The molecule has 0 fully saturated rings. The summed E-state index contributed by atoms with van der Waals surface area (Å²) in [4.78, 5) is 6.68. The summed E-state index contributed by atoms with van der Waals surface area (Å²) in [5.41, 5.74) is 7.57. The molecule has 0 saturated carbocycles. The third-order valence-corrected chi connectivity index (χ3v) is 4.73. The van der Waals surface area contributed by atoms with E-state index in [4.69, 9.17) is 17.3 Å². The number of hydrogen-bond donors (Lipinski definition) is 2. The number of hydrogen-bond acceptors (Lipinski definition) is 3. The molecule has 0 radical (unpaired) electrons. The van der Waals surface area contributed by atoms with Gasteiger partial charge in [0.05, 0.1) is 10.7 Å². The van der Waals surface area contributed by atoms with Crippen LogP contribution in [-0.2, 0) is 0 Å². The Hall–Kier alpha value is -1.30. The van der Waals surface area contributed by atoms with Crippen LogP contribution in [-0.4, -0.2) is 18.0 Å². The second-order valence-electron chi connectivity index (χ2n) is 4.40. The number of aliphatic imine (C=N–C) groups is 1. The number of halogens is 1. The zero-order valence-corrected chi connectivity index (χ0v) is 14.9. The maximum atomic E-state index is 6.19. The van der Waals surface area contributed by atoms with Crippen molar-refractivity contribution < 1.29 is 0 Å². The van der Waals surface area contributed by atoms with Crippen LogP contribution in [0.3, 0.4) is 0 Å². The largest absolute Gasteiger partial charge is 0.369 e. The van der Waals surface area contributed by atoms with E-state index in [1.165, 1.54) is 0 Å². The van der Waals surface area contributed by atoms with E-state index in [0.29, 0.717) is 16.7 Å². The number of benzene rings is 2. The van der Waals surface area contributed by atoms with Gasteiger partial charge in [0, 0.05) is 15.5 Å². The molecule has 0 aliphatic rings. The summed E-state index contributed by atoms with van der Waals surface area (Å²) in [6, 6.07) is 13.8. The standard InChI is InChI=1S/C16H18ClN3S2/c1-3-22-13-7-8-14(17)15(10-13)20-16(18)19-11-5-4-6-12(9-11)21-2/h4-10H,3H2,1-2H3,(H3,18,19,20). The predicted octanol–water partition coefficient (Wildman–Crippen LogP) is 5.23. The van der Waals surface area contributed by atoms with Crippen LogP contribution in [0, 0.1) is 0 Å². The van der Waals surface area contributed by atoms with Crippen molar-refractivity contribution in [2.75, 3.05) is 17.3 Å². The summed E-state index contributed by atoms with van der Waals surface area (Å²) in [6.45, 7) is 2.11. The lowest BCUT2D eigenvalue weighted by molar-refractivity contribution is 1.37. The lowest BCUT2D eigenvalue weighted by Crippen LogP contribution is -2.21. The highest BCUT2D eigenvalue weighted by Gasteiger charge is 2.03. The lowest BCUT2D eigenvalue weighted by Gasteiger charge is -2.08. The van der Waals surface area contributed by atoms with Crippen LogP contribution in [0.1, 0.15) is 6.92 Å². The minimum absolute atomic E-state index is 0.318. The number of nitrogens with zero attached hydrogens (tertiary/aromatic N) is 1. The molecule has 0 aromatic heterocycles. The molecule has 0 bridgehead atoms. The van der Waals surface area contributed by atoms with Crippen LogP contribution < -0.4 is 11.1 Å². The van der Waals surface area contributed by atoms with Gasteiger partial charge in [-0.15, -0.1) is 23.5 Å². The average molecular weight is 352 g/mol. The Morgan fingerprint density at radius 2 is 2.05 bits per heavy atom. The van der Waals surface area contributed by atoms with E-state index < -0.39 is 0 Å². The van der Waals surface area contributed by atoms with Gasteiger partial charge in [-0.1, -0.05) is 24.6 Å². The molecule has 2 rings (SSSR count). The number of nitrogens with one attached hydrogen (secondary N) is 1. The Morgan fingerprint density at radius 3 is 2.77 bits per heavy atom. The molecule has 2 aromatic carbocycles. The third kappa shape index (κ3) is 4.87. The van der Waals surface area contributed by atoms with Crippen molar-refractivity contribution in [3.8, 4) is 0 Å². The Kier molecular flexibility index (Phi) is 6.49. The fraction of sp³-hybridized carbons (Fsp3) is 0.188. The van der Waals surface area contributed by atoms with Crippen molar-refractivity contribution in [3.05, 3.63) is 47.5 Å². The molecular weight excluding hydrogens is 334 g/mol. The maximum absolute atomic E-state index is 6.19. The van der Waals surface area contributed by atoms with Gasteiger partial charge in [-0.25, -0.2) is 4.99 Å². The van der Waals surface area contributed by atoms with E-state index >= 15 is 0 Å².